The van der Waals surface area contributed by atoms with Crippen molar-refractivity contribution in [3.8, 4) is 0 Å². The molecule has 1 fully saturated rings. The van der Waals surface area contributed by atoms with E-state index in [1.54, 1.807) is 0 Å². The Morgan fingerprint density at radius 1 is 1.29 bits per heavy atom. The molecule has 0 radical (unpaired) electrons. The molecule has 24 heavy (non-hydrogen) atoms. The predicted molar refractivity (Wildman–Crippen MR) is 98.2 cm³/mol. The number of anilines is 1. The van der Waals surface area contributed by atoms with Gasteiger partial charge in [-0.2, -0.15) is 0 Å². The van der Waals surface area contributed by atoms with E-state index in [9.17, 15) is 9.59 Å². The number of nitrogens with one attached hydrogen (secondary N) is 1. The Morgan fingerprint density at radius 2 is 1.88 bits per heavy atom. The largest absolute Gasteiger partial charge is 0.481 e. The van der Waals surface area contributed by atoms with Crippen LogP contribution in [-0.2, 0) is 9.59 Å². The number of piperidine rings is 1. The maximum absolute atomic E-state index is 12.5. The molecule has 0 bridgehead atoms. The normalized spacial score (nSPS) is 17.0. The first-order chi connectivity index (χ1) is 10.8. The number of aliphatic carboxylic acids is 1. The molecule has 0 spiro atoms. The molecule has 7 heteroatoms. The van der Waals surface area contributed by atoms with E-state index < -0.39 is 5.97 Å². The van der Waals surface area contributed by atoms with Gasteiger partial charge < -0.3 is 10.4 Å². The van der Waals surface area contributed by atoms with Crippen molar-refractivity contribution in [1.82, 2.24) is 4.90 Å². The second-order valence-electron chi connectivity index (χ2n) is 6.25. The van der Waals surface area contributed by atoms with Crippen LogP contribution in [0.25, 0.3) is 0 Å². The Balaban J connectivity index is 0.00000288. The highest BCUT2D eigenvalue weighted by atomic mass is 35.5. The van der Waals surface area contributed by atoms with E-state index in [4.69, 9.17) is 16.7 Å². The van der Waals surface area contributed by atoms with Crippen molar-refractivity contribution in [2.45, 2.75) is 39.7 Å². The van der Waals surface area contributed by atoms with Gasteiger partial charge in [0, 0.05) is 0 Å². The molecule has 1 amide bonds. The fraction of sp³-hybridized carbons (Fsp3) is 0.529. The lowest BCUT2D eigenvalue weighted by atomic mass is 9.96. The monoisotopic (exact) mass is 374 g/mol. The van der Waals surface area contributed by atoms with Gasteiger partial charge in [-0.25, -0.2) is 0 Å². The van der Waals surface area contributed by atoms with E-state index in [0.29, 0.717) is 36.6 Å². The van der Waals surface area contributed by atoms with Crippen LogP contribution in [0.2, 0.25) is 5.02 Å². The number of hydrogen-bond acceptors (Lipinski definition) is 3. The van der Waals surface area contributed by atoms with E-state index in [2.05, 4.69) is 5.32 Å². The van der Waals surface area contributed by atoms with Gasteiger partial charge in [0.15, 0.2) is 0 Å². The van der Waals surface area contributed by atoms with E-state index >= 15 is 0 Å². The number of benzene rings is 1. The van der Waals surface area contributed by atoms with Crippen molar-refractivity contribution >= 4 is 41.6 Å². The summed E-state index contributed by atoms with van der Waals surface area (Å²) < 4.78 is 0. The van der Waals surface area contributed by atoms with Gasteiger partial charge in [0.25, 0.3) is 0 Å². The zero-order valence-electron chi connectivity index (χ0n) is 14.1. The minimum absolute atomic E-state index is 0. The van der Waals surface area contributed by atoms with Crippen LogP contribution >= 0.6 is 24.0 Å². The van der Waals surface area contributed by atoms with Crippen LogP contribution in [0.5, 0.6) is 0 Å². The average Bonchev–Trinajstić information content (AvgIpc) is 2.50. The van der Waals surface area contributed by atoms with Gasteiger partial charge in [0.2, 0.25) is 5.91 Å². The van der Waals surface area contributed by atoms with E-state index in [1.165, 1.54) is 0 Å². The van der Waals surface area contributed by atoms with Crippen molar-refractivity contribution < 1.29 is 14.7 Å². The summed E-state index contributed by atoms with van der Waals surface area (Å²) in [5, 5.41) is 12.5. The molecule has 1 aliphatic rings. The molecule has 1 atom stereocenters. The van der Waals surface area contributed by atoms with Crippen molar-refractivity contribution in [3.05, 3.63) is 28.3 Å². The number of amides is 1. The number of carbonyl (C=O) groups excluding carboxylic acids is 1. The molecule has 1 aliphatic heterocycles. The maximum atomic E-state index is 12.5. The van der Waals surface area contributed by atoms with Gasteiger partial charge in [0.05, 0.1) is 22.7 Å². The number of carboxylic acids is 1. The number of hydrogen-bond donors (Lipinski definition) is 2. The third-order valence-electron chi connectivity index (χ3n) is 4.49. The zero-order valence-corrected chi connectivity index (χ0v) is 15.7. The first-order valence-electron chi connectivity index (χ1n) is 7.84. The molecular weight excluding hydrogens is 351 g/mol. The third kappa shape index (κ3) is 4.85. The average molecular weight is 375 g/mol. The molecule has 1 saturated heterocycles. The first-order valence-corrected chi connectivity index (χ1v) is 8.22. The Labute approximate surface area is 153 Å². The van der Waals surface area contributed by atoms with Crippen molar-refractivity contribution in [1.29, 1.82) is 0 Å². The van der Waals surface area contributed by atoms with Gasteiger partial charge in [-0.05, 0) is 63.9 Å². The van der Waals surface area contributed by atoms with Crippen LogP contribution in [0, 0.1) is 19.8 Å². The highest BCUT2D eigenvalue weighted by molar-refractivity contribution is 6.34. The van der Waals surface area contributed by atoms with E-state index in [1.807, 2.05) is 37.8 Å². The van der Waals surface area contributed by atoms with Gasteiger partial charge in [-0.1, -0.05) is 17.7 Å². The van der Waals surface area contributed by atoms with Crippen molar-refractivity contribution in [2.24, 2.45) is 5.92 Å². The molecule has 5 nitrogen and oxygen atoms in total. The summed E-state index contributed by atoms with van der Waals surface area (Å²) in [6.07, 6.45) is 1.16. The second kappa shape index (κ2) is 8.70. The molecular formula is C17H24Cl2N2O3. The third-order valence-corrected chi connectivity index (χ3v) is 4.78. The van der Waals surface area contributed by atoms with Crippen LogP contribution in [0.4, 0.5) is 5.69 Å². The summed E-state index contributed by atoms with van der Waals surface area (Å²) in [5.41, 5.74) is 2.63. The molecule has 1 aromatic carbocycles. The van der Waals surface area contributed by atoms with Gasteiger partial charge in [-0.15, -0.1) is 12.4 Å². The molecule has 2 rings (SSSR count). The zero-order chi connectivity index (χ0) is 17.1. The van der Waals surface area contributed by atoms with Gasteiger partial charge >= 0.3 is 5.97 Å². The smallest absolute Gasteiger partial charge is 0.306 e. The van der Waals surface area contributed by atoms with Crippen molar-refractivity contribution in [3.63, 3.8) is 0 Å². The van der Waals surface area contributed by atoms with E-state index in [-0.39, 0.29) is 30.3 Å². The number of halogens is 2. The number of aryl methyl sites for hydroxylation is 2. The Morgan fingerprint density at radius 3 is 2.38 bits per heavy atom. The first kappa shape index (κ1) is 20.7. The summed E-state index contributed by atoms with van der Waals surface area (Å²) in [6, 6.07) is 3.49. The number of carboxylic acid groups (broad SMARTS) is 1. The summed E-state index contributed by atoms with van der Waals surface area (Å²) in [6.45, 7) is 6.95. The Bertz CT molecular complexity index is 591. The van der Waals surface area contributed by atoms with Crippen LogP contribution in [0.15, 0.2) is 12.1 Å². The topological polar surface area (TPSA) is 69.6 Å². The Hall–Kier alpha value is -1.30. The number of rotatable bonds is 4. The molecule has 1 unspecified atom stereocenters. The highest BCUT2D eigenvalue weighted by Crippen LogP contribution is 2.28. The van der Waals surface area contributed by atoms with Gasteiger partial charge in [0.1, 0.15) is 0 Å². The lowest BCUT2D eigenvalue weighted by Gasteiger charge is -2.34. The van der Waals surface area contributed by atoms with Crippen LogP contribution in [-0.4, -0.2) is 41.0 Å². The van der Waals surface area contributed by atoms with Crippen LogP contribution < -0.4 is 5.32 Å². The fourth-order valence-electron chi connectivity index (χ4n) is 3.00. The predicted octanol–water partition coefficient (Wildman–Crippen LogP) is 3.50. The second-order valence-corrected chi connectivity index (χ2v) is 6.66. The van der Waals surface area contributed by atoms with Crippen LogP contribution in [0.1, 0.15) is 30.9 Å². The molecule has 0 saturated carbocycles. The minimum Gasteiger partial charge on any atom is -0.481 e. The van der Waals surface area contributed by atoms with Gasteiger partial charge in [-0.3, -0.25) is 14.5 Å². The Kier molecular flexibility index (Phi) is 7.52. The SMILES string of the molecule is Cc1cc(C)c(NC(=O)C(C)N2CCC(C(=O)O)CC2)c(Cl)c1.Cl. The number of carbonyl (C=O) groups is 2. The molecule has 0 aromatic heterocycles. The van der Waals surface area contributed by atoms with Crippen molar-refractivity contribution in [2.75, 3.05) is 18.4 Å². The lowest BCUT2D eigenvalue weighted by Crippen LogP contribution is -2.47. The maximum Gasteiger partial charge on any atom is 0.306 e. The summed E-state index contributed by atoms with van der Waals surface area (Å²) in [7, 11) is 0. The molecule has 1 heterocycles. The summed E-state index contributed by atoms with van der Waals surface area (Å²) in [4.78, 5) is 25.5. The van der Waals surface area contributed by atoms with Crippen LogP contribution in [0.3, 0.4) is 0 Å². The molecule has 0 aliphatic carbocycles. The van der Waals surface area contributed by atoms with E-state index in [0.717, 1.165) is 11.1 Å². The number of likely N-dealkylation sites (tertiary alicyclic amines) is 1. The standard InChI is InChI=1S/C17H23ClN2O3.ClH/c1-10-8-11(2)15(14(18)9-10)19-16(21)12(3)20-6-4-13(5-7-20)17(22)23;/h8-9,12-13H,4-7H2,1-3H3,(H,19,21)(H,22,23);1H. The molecule has 2 N–H and O–H groups in total. The summed E-state index contributed by atoms with van der Waals surface area (Å²) >= 11 is 6.23. The molecule has 1 aromatic rings. The lowest BCUT2D eigenvalue weighted by molar-refractivity contribution is -0.143. The highest BCUT2D eigenvalue weighted by Gasteiger charge is 2.29. The summed E-state index contributed by atoms with van der Waals surface area (Å²) in [5.74, 6) is -1.16. The number of nitrogens with zero attached hydrogens (tertiary/aromatic N) is 1. The molecule has 134 valence electrons. The quantitative estimate of drug-likeness (QED) is 0.845. The fourth-order valence-corrected chi connectivity index (χ4v) is 3.37. The minimum atomic E-state index is -0.746.